The fraction of sp³-hybridized carbons (Fsp3) is 0.306. The van der Waals surface area contributed by atoms with Gasteiger partial charge in [-0.05, 0) is 91.5 Å². The maximum atomic E-state index is 14.1. The molecule has 2 aliphatic rings. The molecule has 3 aromatic carbocycles. The number of likely N-dealkylation sites (N-methyl/N-ethyl adjacent to an activating group) is 1. The van der Waals surface area contributed by atoms with Crippen LogP contribution in [0, 0.1) is 11.6 Å². The number of hydrogen-bond donors (Lipinski definition) is 3. The molecule has 2 fully saturated rings. The second-order valence-corrected chi connectivity index (χ2v) is 12.3. The van der Waals surface area contributed by atoms with Gasteiger partial charge in [0.05, 0.1) is 11.1 Å². The fourth-order valence-corrected chi connectivity index (χ4v) is 6.42. The van der Waals surface area contributed by atoms with E-state index in [1.165, 1.54) is 12.1 Å². The van der Waals surface area contributed by atoms with Gasteiger partial charge < -0.3 is 25.2 Å². The number of aromatic nitrogens is 3. The van der Waals surface area contributed by atoms with E-state index >= 15 is 0 Å². The van der Waals surface area contributed by atoms with Crippen molar-refractivity contribution in [3.05, 3.63) is 101 Å². The molecule has 3 N–H and O–H groups in total. The summed E-state index contributed by atoms with van der Waals surface area (Å²) in [5, 5.41) is 14.9. The van der Waals surface area contributed by atoms with Gasteiger partial charge in [-0.1, -0.05) is 6.07 Å². The number of anilines is 3. The lowest BCUT2D eigenvalue weighted by molar-refractivity contribution is 0.0904. The molecule has 2 aromatic heterocycles. The van der Waals surface area contributed by atoms with Crippen LogP contribution < -0.4 is 15.5 Å². The van der Waals surface area contributed by atoms with E-state index < -0.39 is 11.6 Å². The SMILES string of the molecule is CN1CCN(c2ccc(C(=O)Nc3n[nH]c4cc(-c5cccnc5)c(Cc5cc(F)cc(F)c5)cc34)c(NC3CCOCC3)c2)CC1. The van der Waals surface area contributed by atoms with Gasteiger partial charge in [-0.15, -0.1) is 0 Å². The molecule has 1 amide bonds. The minimum absolute atomic E-state index is 0.199. The zero-order chi connectivity index (χ0) is 32.3. The highest BCUT2D eigenvalue weighted by atomic mass is 19.1. The quantitative estimate of drug-likeness (QED) is 0.190. The van der Waals surface area contributed by atoms with Crippen molar-refractivity contribution in [1.82, 2.24) is 20.1 Å². The number of nitrogens with one attached hydrogen (secondary N) is 3. The van der Waals surface area contributed by atoms with Gasteiger partial charge in [-0.2, -0.15) is 5.10 Å². The molecule has 0 bridgehead atoms. The number of amides is 1. The van der Waals surface area contributed by atoms with Crippen molar-refractivity contribution >= 4 is 34.0 Å². The van der Waals surface area contributed by atoms with E-state index in [0.717, 1.165) is 73.2 Å². The highest BCUT2D eigenvalue weighted by molar-refractivity contribution is 6.11. The molecule has 0 atom stereocenters. The van der Waals surface area contributed by atoms with Crippen molar-refractivity contribution in [3.63, 3.8) is 0 Å². The number of rotatable bonds is 8. The number of ether oxygens (including phenoxy) is 1. The van der Waals surface area contributed by atoms with E-state index in [2.05, 4.69) is 48.7 Å². The lowest BCUT2D eigenvalue weighted by Gasteiger charge is -2.34. The Hall–Kier alpha value is -4.87. The number of pyridine rings is 1. The molecule has 2 aliphatic heterocycles. The van der Waals surface area contributed by atoms with Crippen LogP contribution in [0.25, 0.3) is 22.0 Å². The van der Waals surface area contributed by atoms with Crippen molar-refractivity contribution in [2.24, 2.45) is 0 Å². The third-order valence-electron chi connectivity index (χ3n) is 9.01. The second-order valence-electron chi connectivity index (χ2n) is 12.3. The van der Waals surface area contributed by atoms with E-state index in [9.17, 15) is 13.6 Å². The van der Waals surface area contributed by atoms with Gasteiger partial charge in [0.15, 0.2) is 5.82 Å². The Labute approximate surface area is 271 Å². The summed E-state index contributed by atoms with van der Waals surface area (Å²) in [6.45, 7) is 5.17. The minimum Gasteiger partial charge on any atom is -0.381 e. The van der Waals surface area contributed by atoms with Crippen molar-refractivity contribution < 1.29 is 18.3 Å². The van der Waals surface area contributed by atoms with Crippen molar-refractivity contribution in [2.45, 2.75) is 25.3 Å². The first-order chi connectivity index (χ1) is 22.9. The first-order valence-corrected chi connectivity index (χ1v) is 16.0. The average molecular weight is 638 g/mol. The van der Waals surface area contributed by atoms with Crippen molar-refractivity contribution in [1.29, 1.82) is 0 Å². The Morgan fingerprint density at radius 2 is 1.79 bits per heavy atom. The number of carbonyl (C=O) groups is 1. The fourth-order valence-electron chi connectivity index (χ4n) is 6.42. The largest absolute Gasteiger partial charge is 0.381 e. The molecule has 242 valence electrons. The van der Waals surface area contributed by atoms with Gasteiger partial charge in [0.1, 0.15) is 11.6 Å². The molecule has 0 aliphatic carbocycles. The zero-order valence-electron chi connectivity index (χ0n) is 26.2. The Morgan fingerprint density at radius 3 is 2.53 bits per heavy atom. The Morgan fingerprint density at radius 1 is 1.00 bits per heavy atom. The number of benzene rings is 3. The minimum atomic E-state index is -0.635. The van der Waals surface area contributed by atoms with Crippen molar-refractivity contribution in [3.8, 4) is 11.1 Å². The van der Waals surface area contributed by atoms with Gasteiger partial charge in [-0.25, -0.2) is 8.78 Å². The number of halogens is 2. The van der Waals surface area contributed by atoms with Gasteiger partial charge in [-0.3, -0.25) is 14.9 Å². The van der Waals surface area contributed by atoms with Gasteiger partial charge >= 0.3 is 0 Å². The third-order valence-corrected chi connectivity index (χ3v) is 9.01. The summed E-state index contributed by atoms with van der Waals surface area (Å²) in [4.78, 5) is 22.9. The molecule has 47 heavy (non-hydrogen) atoms. The molecule has 0 spiro atoms. The second kappa shape index (κ2) is 13.5. The lowest BCUT2D eigenvalue weighted by atomic mass is 9.94. The summed E-state index contributed by atoms with van der Waals surface area (Å²) < 4.78 is 33.8. The topological polar surface area (TPSA) is 98.4 Å². The van der Waals surface area contributed by atoms with Crippen LogP contribution in [0.15, 0.2) is 73.1 Å². The maximum Gasteiger partial charge on any atom is 0.258 e. The smallest absolute Gasteiger partial charge is 0.258 e. The van der Waals surface area contributed by atoms with Crippen LogP contribution in [-0.2, 0) is 11.2 Å². The predicted molar refractivity (Wildman–Crippen MR) is 180 cm³/mol. The van der Waals surface area contributed by atoms with Crippen LogP contribution >= 0.6 is 0 Å². The summed E-state index contributed by atoms with van der Waals surface area (Å²) in [5.74, 6) is -1.19. The molecule has 0 unspecified atom stereocenters. The highest BCUT2D eigenvalue weighted by Gasteiger charge is 2.22. The average Bonchev–Trinajstić information content (AvgIpc) is 3.46. The third kappa shape index (κ3) is 6.96. The maximum absolute atomic E-state index is 14.1. The highest BCUT2D eigenvalue weighted by Crippen LogP contribution is 2.34. The summed E-state index contributed by atoms with van der Waals surface area (Å²) in [5.41, 5.74) is 6.09. The standard InChI is InChI=1S/C36H37F2N7O2/c1-44-9-11-45(12-10-44)29-4-5-30(33(20-29)40-28-6-13-47-14-7-28)36(46)41-35-32-18-25(15-23-16-26(37)19-27(38)17-23)31(21-34(32)42-43-35)24-3-2-8-39-22-24/h2-5,8,16-22,28,40H,6-7,9-15H2,1H3,(H2,41,42,43,46). The van der Waals surface area contributed by atoms with E-state index in [-0.39, 0.29) is 18.4 Å². The number of fused-ring (bicyclic) bond motifs is 1. The Bertz CT molecular complexity index is 1860. The van der Waals surface area contributed by atoms with Crippen LogP contribution in [-0.4, -0.2) is 78.5 Å². The Balaban J connectivity index is 1.22. The molecule has 0 radical (unpaired) electrons. The van der Waals surface area contributed by atoms with E-state index in [4.69, 9.17) is 4.74 Å². The van der Waals surface area contributed by atoms with Gasteiger partial charge in [0.2, 0.25) is 0 Å². The van der Waals surface area contributed by atoms with E-state index in [1.807, 2.05) is 36.4 Å². The molecular weight excluding hydrogens is 600 g/mol. The number of H-pyrrole nitrogens is 1. The summed E-state index contributed by atoms with van der Waals surface area (Å²) in [6, 6.07) is 17.3. The van der Waals surface area contributed by atoms with Crippen LogP contribution in [0.2, 0.25) is 0 Å². The molecule has 0 saturated carbocycles. The molecule has 9 nitrogen and oxygen atoms in total. The number of piperazine rings is 1. The summed E-state index contributed by atoms with van der Waals surface area (Å²) >= 11 is 0. The molecular formula is C36H37F2N7O2. The Kier molecular flexibility index (Phi) is 8.82. The van der Waals surface area contributed by atoms with Gasteiger partial charge in [0.25, 0.3) is 5.91 Å². The summed E-state index contributed by atoms with van der Waals surface area (Å²) in [7, 11) is 2.13. The van der Waals surface area contributed by atoms with Crippen LogP contribution in [0.1, 0.15) is 34.3 Å². The molecule has 11 heteroatoms. The molecule has 5 aromatic rings. The van der Waals surface area contributed by atoms with E-state index in [1.54, 1.807) is 12.4 Å². The van der Waals surface area contributed by atoms with E-state index in [0.29, 0.717) is 41.1 Å². The normalized spacial score (nSPS) is 16.0. The number of carbonyl (C=O) groups excluding carboxylic acids is 1. The predicted octanol–water partition coefficient (Wildman–Crippen LogP) is 6.09. The first-order valence-electron chi connectivity index (χ1n) is 16.0. The monoisotopic (exact) mass is 637 g/mol. The van der Waals surface area contributed by atoms with Crippen LogP contribution in [0.3, 0.4) is 0 Å². The zero-order valence-corrected chi connectivity index (χ0v) is 26.2. The number of aromatic amines is 1. The number of nitrogens with zero attached hydrogens (tertiary/aromatic N) is 4. The first kappa shape index (κ1) is 30.8. The molecule has 2 saturated heterocycles. The van der Waals surface area contributed by atoms with Crippen LogP contribution in [0.4, 0.5) is 26.0 Å². The lowest BCUT2D eigenvalue weighted by Crippen LogP contribution is -2.44. The number of hydrogen-bond acceptors (Lipinski definition) is 7. The van der Waals surface area contributed by atoms with Crippen LogP contribution in [0.5, 0.6) is 0 Å². The molecule has 7 rings (SSSR count). The van der Waals surface area contributed by atoms with Crippen molar-refractivity contribution in [2.75, 3.05) is 62.0 Å². The molecule has 4 heterocycles. The van der Waals surface area contributed by atoms with Gasteiger partial charge in [0, 0.05) is 86.2 Å². The summed E-state index contributed by atoms with van der Waals surface area (Å²) in [6.07, 6.45) is 5.42.